The summed E-state index contributed by atoms with van der Waals surface area (Å²) >= 11 is 5.50. The van der Waals surface area contributed by atoms with E-state index in [9.17, 15) is 13.2 Å². The van der Waals surface area contributed by atoms with Crippen molar-refractivity contribution in [3.8, 4) is 23.1 Å². The number of hydrogen-bond acceptors (Lipinski definition) is 5. The Labute approximate surface area is 134 Å². The van der Waals surface area contributed by atoms with Crippen molar-refractivity contribution in [2.45, 2.75) is 6.18 Å². The van der Waals surface area contributed by atoms with Crippen LogP contribution in [0.15, 0.2) is 30.5 Å². The van der Waals surface area contributed by atoms with E-state index in [1.54, 1.807) is 0 Å². The number of halogens is 4. The van der Waals surface area contributed by atoms with E-state index in [4.69, 9.17) is 21.8 Å². The second-order valence-corrected chi connectivity index (χ2v) is 4.50. The second kappa shape index (κ2) is 7.77. The molecule has 2 N–H and O–H groups in total. The Morgan fingerprint density at radius 2 is 1.70 bits per heavy atom. The predicted molar refractivity (Wildman–Crippen MR) is 77.1 cm³/mol. The summed E-state index contributed by atoms with van der Waals surface area (Å²) in [5.41, 5.74) is -0.897. The van der Waals surface area contributed by atoms with Gasteiger partial charge >= 0.3 is 6.18 Å². The van der Waals surface area contributed by atoms with Crippen LogP contribution in [0.3, 0.4) is 0 Å². The lowest BCUT2D eigenvalue weighted by Crippen LogP contribution is -2.04. The second-order valence-electron chi connectivity index (χ2n) is 4.07. The van der Waals surface area contributed by atoms with E-state index in [-0.39, 0.29) is 17.4 Å². The summed E-state index contributed by atoms with van der Waals surface area (Å²) in [5.74, 6) is -0.357. The molecule has 2 rings (SSSR count). The van der Waals surface area contributed by atoms with Crippen LogP contribution in [-0.4, -0.2) is 29.4 Å². The highest BCUT2D eigenvalue weighted by molar-refractivity contribution is 6.30. The average molecular weight is 352 g/mol. The van der Waals surface area contributed by atoms with Crippen LogP contribution < -0.4 is 9.47 Å². The fraction of sp³-hybridized carbons (Fsp3) is 0.214. The van der Waals surface area contributed by atoms with Crippen LogP contribution >= 0.6 is 11.6 Å². The maximum atomic E-state index is 12.1. The van der Waals surface area contributed by atoms with E-state index in [1.165, 1.54) is 26.5 Å². The molecule has 9 heteroatoms. The number of phenolic OH excluding ortho intramolecular Hbond substituents is 1. The molecule has 0 radical (unpaired) electrons. The molecule has 23 heavy (non-hydrogen) atoms. The van der Waals surface area contributed by atoms with Crippen molar-refractivity contribution >= 4 is 11.6 Å². The third-order valence-electron chi connectivity index (χ3n) is 2.50. The van der Waals surface area contributed by atoms with Crippen molar-refractivity contribution in [3.05, 3.63) is 41.0 Å². The fourth-order valence-corrected chi connectivity index (χ4v) is 1.59. The molecule has 0 atom stereocenters. The van der Waals surface area contributed by atoms with Crippen molar-refractivity contribution in [2.75, 3.05) is 14.2 Å². The lowest BCUT2D eigenvalue weighted by atomic mass is 10.2. The molecular formula is C14H13ClF3NO4. The van der Waals surface area contributed by atoms with Crippen LogP contribution in [0.5, 0.6) is 23.1 Å². The standard InChI is InChI=1S/C8H7F3O2.C6H6ClNO2/c1-13-7-3-2-5(4-6(7)12)8(9,10)11;1-10-6-5(9)2-4(7)3-8-6/h2-4,12H,1H3;2-3,9H,1H3. The molecule has 0 aliphatic heterocycles. The summed E-state index contributed by atoms with van der Waals surface area (Å²) in [5, 5.41) is 18.4. The monoisotopic (exact) mass is 351 g/mol. The molecule has 0 fully saturated rings. The van der Waals surface area contributed by atoms with Crippen LogP contribution in [0.2, 0.25) is 5.02 Å². The van der Waals surface area contributed by atoms with Crippen LogP contribution in [0.25, 0.3) is 0 Å². The van der Waals surface area contributed by atoms with E-state index in [1.807, 2.05) is 0 Å². The van der Waals surface area contributed by atoms with Crippen molar-refractivity contribution in [2.24, 2.45) is 0 Å². The van der Waals surface area contributed by atoms with Gasteiger partial charge in [-0.1, -0.05) is 11.6 Å². The zero-order valence-corrected chi connectivity index (χ0v) is 12.8. The lowest BCUT2D eigenvalue weighted by Gasteiger charge is -2.08. The van der Waals surface area contributed by atoms with Gasteiger partial charge in [-0.3, -0.25) is 0 Å². The molecule has 0 spiro atoms. The summed E-state index contributed by atoms with van der Waals surface area (Å²) in [6.07, 6.45) is -3.04. The zero-order valence-electron chi connectivity index (χ0n) is 12.1. The summed E-state index contributed by atoms with van der Waals surface area (Å²) < 4.78 is 45.4. The summed E-state index contributed by atoms with van der Waals surface area (Å²) in [7, 11) is 2.69. The van der Waals surface area contributed by atoms with Crippen molar-refractivity contribution in [3.63, 3.8) is 0 Å². The molecule has 0 saturated heterocycles. The first-order chi connectivity index (χ1) is 10.7. The van der Waals surface area contributed by atoms with Gasteiger partial charge in [0.25, 0.3) is 5.88 Å². The van der Waals surface area contributed by atoms with E-state index in [0.717, 1.165) is 12.1 Å². The van der Waals surface area contributed by atoms with E-state index < -0.39 is 17.5 Å². The van der Waals surface area contributed by atoms with Crippen molar-refractivity contribution in [1.82, 2.24) is 4.98 Å². The third-order valence-corrected chi connectivity index (χ3v) is 2.71. The largest absolute Gasteiger partial charge is 0.504 e. The van der Waals surface area contributed by atoms with Gasteiger partial charge in [-0.25, -0.2) is 4.98 Å². The number of alkyl halides is 3. The van der Waals surface area contributed by atoms with E-state index >= 15 is 0 Å². The molecule has 0 saturated carbocycles. The Morgan fingerprint density at radius 3 is 2.13 bits per heavy atom. The molecule has 126 valence electrons. The molecule has 0 amide bonds. The zero-order chi connectivity index (χ0) is 17.6. The molecule has 1 heterocycles. The summed E-state index contributed by atoms with van der Waals surface area (Å²) in [4.78, 5) is 3.69. The fourth-order valence-electron chi connectivity index (χ4n) is 1.44. The molecule has 0 aliphatic carbocycles. The topological polar surface area (TPSA) is 71.8 Å². The highest BCUT2D eigenvalue weighted by Crippen LogP contribution is 2.35. The number of ether oxygens (including phenoxy) is 2. The van der Waals surface area contributed by atoms with Gasteiger partial charge in [-0.15, -0.1) is 0 Å². The number of aromatic nitrogens is 1. The van der Waals surface area contributed by atoms with Gasteiger partial charge in [0, 0.05) is 12.3 Å². The lowest BCUT2D eigenvalue weighted by molar-refractivity contribution is -0.137. The number of benzene rings is 1. The Hall–Kier alpha value is -2.35. The quantitative estimate of drug-likeness (QED) is 0.859. The van der Waals surface area contributed by atoms with E-state index in [2.05, 4.69) is 14.5 Å². The smallest absolute Gasteiger partial charge is 0.416 e. The number of methoxy groups -OCH3 is 2. The van der Waals surface area contributed by atoms with Crippen LogP contribution in [-0.2, 0) is 6.18 Å². The molecule has 1 aromatic carbocycles. The van der Waals surface area contributed by atoms with Gasteiger partial charge in [0.1, 0.15) is 0 Å². The molecule has 1 aromatic heterocycles. The van der Waals surface area contributed by atoms with Gasteiger partial charge in [-0.2, -0.15) is 13.2 Å². The van der Waals surface area contributed by atoms with Crippen molar-refractivity contribution in [1.29, 1.82) is 0 Å². The molecule has 0 bridgehead atoms. The number of aromatic hydroxyl groups is 2. The minimum Gasteiger partial charge on any atom is -0.504 e. The van der Waals surface area contributed by atoms with Crippen LogP contribution in [0, 0.1) is 0 Å². The van der Waals surface area contributed by atoms with Gasteiger partial charge < -0.3 is 19.7 Å². The maximum Gasteiger partial charge on any atom is 0.416 e. The number of phenols is 1. The average Bonchev–Trinajstić information content (AvgIpc) is 2.47. The normalized spacial score (nSPS) is 10.5. The third kappa shape index (κ3) is 5.41. The summed E-state index contributed by atoms with van der Waals surface area (Å²) in [6.45, 7) is 0. The van der Waals surface area contributed by atoms with Crippen LogP contribution in [0.4, 0.5) is 13.2 Å². The first kappa shape index (κ1) is 18.7. The first-order valence-corrected chi connectivity index (χ1v) is 6.39. The van der Waals surface area contributed by atoms with Gasteiger partial charge in [0.2, 0.25) is 0 Å². The SMILES string of the molecule is COc1ccc(C(F)(F)F)cc1O.COc1ncc(Cl)cc1O. The van der Waals surface area contributed by atoms with Gasteiger partial charge in [-0.05, 0) is 18.2 Å². The van der Waals surface area contributed by atoms with Crippen molar-refractivity contribution < 1.29 is 32.9 Å². The maximum absolute atomic E-state index is 12.1. The molecule has 2 aromatic rings. The highest BCUT2D eigenvalue weighted by atomic mass is 35.5. The molecule has 5 nitrogen and oxygen atoms in total. The van der Waals surface area contributed by atoms with Gasteiger partial charge in [0.05, 0.1) is 24.8 Å². The molecule has 0 aliphatic rings. The first-order valence-electron chi connectivity index (χ1n) is 6.01. The molecular weight excluding hydrogens is 339 g/mol. The minimum absolute atomic E-state index is 0.0213. The molecule has 0 unspecified atom stereocenters. The number of rotatable bonds is 2. The summed E-state index contributed by atoms with van der Waals surface area (Å²) in [6, 6.07) is 3.91. The minimum atomic E-state index is -4.44. The number of nitrogens with zero attached hydrogens (tertiary/aromatic N) is 1. The Morgan fingerprint density at radius 1 is 1.04 bits per heavy atom. The van der Waals surface area contributed by atoms with Crippen LogP contribution in [0.1, 0.15) is 5.56 Å². The Bertz CT molecular complexity index is 665. The van der Waals surface area contributed by atoms with E-state index in [0.29, 0.717) is 11.1 Å². The Balaban J connectivity index is 0.000000238. The highest BCUT2D eigenvalue weighted by Gasteiger charge is 2.31. The predicted octanol–water partition coefficient (Wildman–Crippen LogP) is 3.87. The van der Waals surface area contributed by atoms with Gasteiger partial charge in [0.15, 0.2) is 17.2 Å². The number of pyridine rings is 1. The number of hydrogen-bond donors (Lipinski definition) is 2. The Kier molecular flexibility index (Phi) is 6.32.